The summed E-state index contributed by atoms with van der Waals surface area (Å²) in [6.45, 7) is 4.02. The van der Waals surface area contributed by atoms with Crippen molar-refractivity contribution in [3.05, 3.63) is 0 Å². The third-order valence-electron chi connectivity index (χ3n) is 2.52. The van der Waals surface area contributed by atoms with Gasteiger partial charge in [-0.2, -0.15) is 0 Å². The maximum Gasteiger partial charge on any atom is 0.321 e. The Labute approximate surface area is 89.2 Å². The van der Waals surface area contributed by atoms with Crippen LogP contribution in [0.5, 0.6) is 0 Å². The number of amides is 3. The SMILES string of the molecule is CNC(=O)NC(=O)CNC1(C)CCNC1. The molecule has 0 saturated carbocycles. The summed E-state index contributed by atoms with van der Waals surface area (Å²) in [6, 6.07) is -0.475. The fourth-order valence-electron chi connectivity index (χ4n) is 1.49. The minimum Gasteiger partial charge on any atom is -0.341 e. The molecule has 0 bridgehead atoms. The van der Waals surface area contributed by atoms with Gasteiger partial charge in [-0.1, -0.05) is 0 Å². The Hall–Kier alpha value is -1.14. The normalized spacial score (nSPS) is 24.9. The van der Waals surface area contributed by atoms with E-state index in [9.17, 15) is 9.59 Å². The van der Waals surface area contributed by atoms with Crippen molar-refractivity contribution in [2.24, 2.45) is 0 Å². The lowest BCUT2D eigenvalue weighted by Crippen LogP contribution is -2.50. The number of carbonyl (C=O) groups excluding carboxylic acids is 2. The van der Waals surface area contributed by atoms with Crippen LogP contribution < -0.4 is 21.3 Å². The van der Waals surface area contributed by atoms with E-state index in [0.717, 1.165) is 19.5 Å². The Morgan fingerprint density at radius 2 is 2.20 bits per heavy atom. The molecule has 15 heavy (non-hydrogen) atoms. The molecule has 1 unspecified atom stereocenters. The summed E-state index contributed by atoms with van der Waals surface area (Å²) < 4.78 is 0. The molecule has 1 rings (SSSR count). The van der Waals surface area contributed by atoms with E-state index >= 15 is 0 Å². The number of hydrogen-bond donors (Lipinski definition) is 4. The molecule has 6 heteroatoms. The molecule has 1 aliphatic heterocycles. The summed E-state index contributed by atoms with van der Waals surface area (Å²) in [5, 5.41) is 10.9. The van der Waals surface area contributed by atoms with E-state index in [1.807, 2.05) is 0 Å². The van der Waals surface area contributed by atoms with Crippen molar-refractivity contribution >= 4 is 11.9 Å². The summed E-state index contributed by atoms with van der Waals surface area (Å²) in [4.78, 5) is 22.1. The van der Waals surface area contributed by atoms with Crippen molar-refractivity contribution in [1.82, 2.24) is 21.3 Å². The van der Waals surface area contributed by atoms with Crippen molar-refractivity contribution < 1.29 is 9.59 Å². The predicted octanol–water partition coefficient (Wildman–Crippen LogP) is -1.22. The van der Waals surface area contributed by atoms with Crippen LogP contribution in [0.1, 0.15) is 13.3 Å². The zero-order valence-electron chi connectivity index (χ0n) is 9.14. The molecule has 0 aromatic heterocycles. The molecule has 86 valence electrons. The molecule has 3 amide bonds. The number of urea groups is 1. The van der Waals surface area contributed by atoms with Crippen molar-refractivity contribution in [1.29, 1.82) is 0 Å². The summed E-state index contributed by atoms with van der Waals surface area (Å²) >= 11 is 0. The van der Waals surface area contributed by atoms with Gasteiger partial charge in [-0.15, -0.1) is 0 Å². The molecular weight excluding hydrogens is 196 g/mol. The van der Waals surface area contributed by atoms with Crippen LogP contribution in [-0.4, -0.2) is 44.2 Å². The van der Waals surface area contributed by atoms with Crippen molar-refractivity contribution in [3.63, 3.8) is 0 Å². The monoisotopic (exact) mass is 214 g/mol. The molecule has 6 nitrogen and oxygen atoms in total. The van der Waals surface area contributed by atoms with Crippen LogP contribution in [0, 0.1) is 0 Å². The molecule has 0 aromatic carbocycles. The van der Waals surface area contributed by atoms with Gasteiger partial charge < -0.3 is 16.0 Å². The predicted molar refractivity (Wildman–Crippen MR) is 56.5 cm³/mol. The number of rotatable bonds is 3. The van der Waals surface area contributed by atoms with Crippen LogP contribution in [0.3, 0.4) is 0 Å². The lowest BCUT2D eigenvalue weighted by atomic mass is 10.0. The van der Waals surface area contributed by atoms with Gasteiger partial charge in [0.05, 0.1) is 6.54 Å². The van der Waals surface area contributed by atoms with Crippen molar-refractivity contribution in [2.45, 2.75) is 18.9 Å². The van der Waals surface area contributed by atoms with Crippen LogP contribution in [0.4, 0.5) is 4.79 Å². The topological polar surface area (TPSA) is 82.3 Å². The number of imide groups is 1. The molecule has 4 N–H and O–H groups in total. The van der Waals surface area contributed by atoms with Gasteiger partial charge in [0.2, 0.25) is 5.91 Å². The Kier molecular flexibility index (Phi) is 4.05. The van der Waals surface area contributed by atoms with Crippen LogP contribution in [0.2, 0.25) is 0 Å². The first kappa shape index (κ1) is 11.9. The Morgan fingerprint density at radius 1 is 1.47 bits per heavy atom. The number of hydrogen-bond acceptors (Lipinski definition) is 4. The lowest BCUT2D eigenvalue weighted by molar-refractivity contribution is -0.119. The summed E-state index contributed by atoms with van der Waals surface area (Å²) in [5.74, 6) is -0.317. The van der Waals surface area contributed by atoms with Gasteiger partial charge in [-0.3, -0.25) is 10.1 Å². The highest BCUT2D eigenvalue weighted by atomic mass is 16.2. The summed E-state index contributed by atoms with van der Waals surface area (Å²) in [7, 11) is 1.47. The van der Waals surface area contributed by atoms with Crippen molar-refractivity contribution in [2.75, 3.05) is 26.7 Å². The largest absolute Gasteiger partial charge is 0.341 e. The molecule has 1 saturated heterocycles. The number of nitrogens with one attached hydrogen (secondary N) is 4. The zero-order chi connectivity index (χ0) is 11.3. The Bertz CT molecular complexity index is 248. The second kappa shape index (κ2) is 5.09. The standard InChI is InChI=1S/C9H18N4O2/c1-9(3-4-11-6-9)12-5-7(14)13-8(15)10-2/h11-12H,3-6H2,1-2H3,(H2,10,13,14,15). The molecule has 1 fully saturated rings. The van der Waals surface area contributed by atoms with E-state index in [1.54, 1.807) is 0 Å². The second-order valence-electron chi connectivity index (χ2n) is 3.97. The Morgan fingerprint density at radius 3 is 2.73 bits per heavy atom. The van der Waals surface area contributed by atoms with E-state index in [2.05, 4.69) is 28.2 Å². The Balaban J connectivity index is 2.24. The van der Waals surface area contributed by atoms with Gasteiger partial charge in [0.25, 0.3) is 0 Å². The molecule has 0 aromatic rings. The maximum atomic E-state index is 11.3. The van der Waals surface area contributed by atoms with E-state index in [4.69, 9.17) is 0 Å². The zero-order valence-corrected chi connectivity index (χ0v) is 9.14. The first-order chi connectivity index (χ1) is 7.06. The molecule has 1 heterocycles. The molecule has 1 atom stereocenters. The molecule has 0 spiro atoms. The molecule has 0 radical (unpaired) electrons. The van der Waals surface area contributed by atoms with E-state index in [0.29, 0.717) is 0 Å². The lowest BCUT2D eigenvalue weighted by Gasteiger charge is -2.23. The minimum atomic E-state index is -0.475. The van der Waals surface area contributed by atoms with E-state index < -0.39 is 6.03 Å². The van der Waals surface area contributed by atoms with Gasteiger partial charge in [0, 0.05) is 19.1 Å². The van der Waals surface area contributed by atoms with Gasteiger partial charge in [0.15, 0.2) is 0 Å². The fraction of sp³-hybridized carbons (Fsp3) is 0.778. The third-order valence-corrected chi connectivity index (χ3v) is 2.52. The van der Waals surface area contributed by atoms with Crippen LogP contribution in [-0.2, 0) is 4.79 Å². The molecule has 0 aliphatic carbocycles. The minimum absolute atomic E-state index is 0.0416. The highest BCUT2D eigenvalue weighted by molar-refractivity contribution is 5.95. The van der Waals surface area contributed by atoms with Crippen LogP contribution in [0.15, 0.2) is 0 Å². The highest BCUT2D eigenvalue weighted by Gasteiger charge is 2.28. The van der Waals surface area contributed by atoms with Crippen molar-refractivity contribution in [3.8, 4) is 0 Å². The number of carbonyl (C=O) groups is 2. The third kappa shape index (κ3) is 3.85. The first-order valence-electron chi connectivity index (χ1n) is 5.03. The quantitative estimate of drug-likeness (QED) is 0.475. The summed E-state index contributed by atoms with van der Waals surface area (Å²) in [6.07, 6.45) is 0.986. The smallest absolute Gasteiger partial charge is 0.321 e. The van der Waals surface area contributed by atoms with Gasteiger partial charge >= 0.3 is 6.03 Å². The molecule has 1 aliphatic rings. The first-order valence-corrected chi connectivity index (χ1v) is 5.03. The van der Waals surface area contributed by atoms with Gasteiger partial charge in [-0.05, 0) is 19.9 Å². The maximum absolute atomic E-state index is 11.3. The average Bonchev–Trinajstić information content (AvgIpc) is 2.63. The second-order valence-corrected chi connectivity index (χ2v) is 3.97. The summed E-state index contributed by atoms with van der Waals surface area (Å²) in [5.41, 5.74) is -0.0416. The van der Waals surface area contributed by atoms with Crippen LogP contribution >= 0.6 is 0 Å². The van der Waals surface area contributed by atoms with E-state index in [1.165, 1.54) is 7.05 Å². The van der Waals surface area contributed by atoms with Gasteiger partial charge in [0.1, 0.15) is 0 Å². The molecular formula is C9H18N4O2. The van der Waals surface area contributed by atoms with Crippen LogP contribution in [0.25, 0.3) is 0 Å². The van der Waals surface area contributed by atoms with Gasteiger partial charge in [-0.25, -0.2) is 4.79 Å². The van der Waals surface area contributed by atoms with E-state index in [-0.39, 0.29) is 18.0 Å². The fourth-order valence-corrected chi connectivity index (χ4v) is 1.49. The average molecular weight is 214 g/mol. The highest BCUT2D eigenvalue weighted by Crippen LogP contribution is 2.12.